The van der Waals surface area contributed by atoms with E-state index in [-0.39, 0.29) is 5.41 Å². The van der Waals surface area contributed by atoms with Crippen molar-refractivity contribution in [2.24, 2.45) is 0 Å². The van der Waals surface area contributed by atoms with Crippen LogP contribution in [0.2, 0.25) is 0 Å². The fourth-order valence-electron chi connectivity index (χ4n) is 3.92. The van der Waals surface area contributed by atoms with Gasteiger partial charge in [-0.05, 0) is 61.1 Å². The minimum Gasteiger partial charge on any atom is -0.508 e. The summed E-state index contributed by atoms with van der Waals surface area (Å²) in [4.78, 5) is 0. The molecule has 24 heavy (non-hydrogen) atoms. The van der Waals surface area contributed by atoms with Crippen molar-refractivity contribution in [1.29, 1.82) is 0 Å². The summed E-state index contributed by atoms with van der Waals surface area (Å²) in [5, 5.41) is 13.2. The van der Waals surface area contributed by atoms with Crippen molar-refractivity contribution in [1.82, 2.24) is 0 Å². The molecule has 0 heterocycles. The minimum absolute atomic E-state index is 0.0129. The fourth-order valence-corrected chi connectivity index (χ4v) is 3.92. The summed E-state index contributed by atoms with van der Waals surface area (Å²) in [6.45, 7) is 8.66. The van der Waals surface area contributed by atoms with Crippen molar-refractivity contribution >= 4 is 5.69 Å². The molecule has 2 N–H and O–H groups in total. The van der Waals surface area contributed by atoms with E-state index in [1.165, 1.54) is 22.4 Å². The Morgan fingerprint density at radius 1 is 0.875 bits per heavy atom. The van der Waals surface area contributed by atoms with E-state index >= 15 is 0 Å². The van der Waals surface area contributed by atoms with E-state index in [0.717, 1.165) is 31.2 Å². The van der Waals surface area contributed by atoms with Gasteiger partial charge in [-0.15, -0.1) is 0 Å². The first-order valence-electron chi connectivity index (χ1n) is 9.07. The minimum atomic E-state index is 0.0129. The molecule has 0 aliphatic heterocycles. The number of hydrogen-bond donors (Lipinski definition) is 2. The van der Waals surface area contributed by atoms with Gasteiger partial charge in [0, 0.05) is 18.2 Å². The van der Waals surface area contributed by atoms with E-state index in [0.29, 0.717) is 5.75 Å². The summed E-state index contributed by atoms with van der Waals surface area (Å²) in [5.74, 6) is 0.377. The normalized spacial score (nSPS) is 11.5. The quantitative estimate of drug-likeness (QED) is 0.660. The van der Waals surface area contributed by atoms with Crippen LogP contribution in [0.4, 0.5) is 5.69 Å². The van der Waals surface area contributed by atoms with Gasteiger partial charge in [-0.25, -0.2) is 0 Å². The summed E-state index contributed by atoms with van der Waals surface area (Å²) < 4.78 is 0. The van der Waals surface area contributed by atoms with E-state index in [1.54, 1.807) is 0 Å². The maximum absolute atomic E-state index is 9.94. The summed E-state index contributed by atoms with van der Waals surface area (Å²) in [6.07, 6.45) is 4.49. The Morgan fingerprint density at radius 2 is 1.42 bits per heavy atom. The largest absolute Gasteiger partial charge is 0.508 e. The van der Waals surface area contributed by atoms with Gasteiger partial charge in [0.05, 0.1) is 0 Å². The molecule has 130 valence electrons. The highest BCUT2D eigenvalue weighted by Crippen LogP contribution is 2.43. The van der Waals surface area contributed by atoms with Crippen molar-refractivity contribution in [3.8, 4) is 5.75 Å². The van der Waals surface area contributed by atoms with Crippen molar-refractivity contribution in [3.05, 3.63) is 58.7 Å². The monoisotopic (exact) mass is 325 g/mol. The molecule has 0 bridgehead atoms. The zero-order valence-corrected chi connectivity index (χ0v) is 15.7. The molecule has 0 aromatic heterocycles. The van der Waals surface area contributed by atoms with Crippen LogP contribution in [0.5, 0.6) is 5.75 Å². The Kier molecular flexibility index (Phi) is 5.93. The van der Waals surface area contributed by atoms with Gasteiger partial charge in [0.25, 0.3) is 0 Å². The number of hydrogen-bond acceptors (Lipinski definition) is 2. The molecule has 0 amide bonds. The molecule has 2 nitrogen and oxygen atoms in total. The number of rotatable bonds is 7. The molecule has 0 saturated carbocycles. The molecule has 2 aromatic carbocycles. The molecule has 0 fully saturated rings. The average molecular weight is 325 g/mol. The summed E-state index contributed by atoms with van der Waals surface area (Å²) >= 11 is 0. The zero-order valence-electron chi connectivity index (χ0n) is 15.7. The number of nitrogens with one attached hydrogen (secondary N) is 1. The van der Waals surface area contributed by atoms with E-state index < -0.39 is 0 Å². The van der Waals surface area contributed by atoms with Crippen molar-refractivity contribution in [2.45, 2.75) is 58.8 Å². The Bertz CT molecular complexity index is 684. The Labute approximate surface area is 146 Å². The molecular formula is C22H31NO. The number of phenols is 1. The van der Waals surface area contributed by atoms with E-state index in [4.69, 9.17) is 0 Å². The van der Waals surface area contributed by atoms with Crippen LogP contribution >= 0.6 is 0 Å². The maximum Gasteiger partial charge on any atom is 0.118 e. The lowest BCUT2D eigenvalue weighted by atomic mass is 9.68. The third-order valence-electron chi connectivity index (χ3n) is 5.15. The first-order chi connectivity index (χ1) is 11.5. The molecule has 0 atom stereocenters. The van der Waals surface area contributed by atoms with Gasteiger partial charge in [-0.1, -0.05) is 51.0 Å². The van der Waals surface area contributed by atoms with Gasteiger partial charge in [-0.2, -0.15) is 0 Å². The summed E-state index contributed by atoms with van der Waals surface area (Å²) in [7, 11) is 1.97. The average Bonchev–Trinajstić information content (AvgIpc) is 2.57. The lowest BCUT2D eigenvalue weighted by molar-refractivity contribution is 0.423. The molecule has 0 unspecified atom stereocenters. The zero-order chi connectivity index (χ0) is 17.7. The van der Waals surface area contributed by atoms with Gasteiger partial charge in [0.1, 0.15) is 5.75 Å². The smallest absolute Gasteiger partial charge is 0.118 e. The van der Waals surface area contributed by atoms with Gasteiger partial charge in [-0.3, -0.25) is 0 Å². The summed E-state index contributed by atoms with van der Waals surface area (Å²) in [6, 6.07) is 12.9. The van der Waals surface area contributed by atoms with Crippen molar-refractivity contribution in [3.63, 3.8) is 0 Å². The Hall–Kier alpha value is -1.96. The highest BCUT2D eigenvalue weighted by Gasteiger charge is 2.33. The first kappa shape index (κ1) is 18.4. The second kappa shape index (κ2) is 7.74. The van der Waals surface area contributed by atoms with Crippen LogP contribution in [-0.4, -0.2) is 12.2 Å². The summed E-state index contributed by atoms with van der Waals surface area (Å²) in [5.41, 5.74) is 6.13. The van der Waals surface area contributed by atoms with Crippen LogP contribution in [0.25, 0.3) is 0 Å². The van der Waals surface area contributed by atoms with Crippen LogP contribution in [-0.2, 0) is 5.41 Å². The molecule has 2 rings (SSSR count). The molecule has 0 aliphatic carbocycles. The topological polar surface area (TPSA) is 32.3 Å². The number of aromatic hydroxyl groups is 1. The van der Waals surface area contributed by atoms with Gasteiger partial charge < -0.3 is 10.4 Å². The van der Waals surface area contributed by atoms with Gasteiger partial charge in [0.2, 0.25) is 0 Å². The van der Waals surface area contributed by atoms with Crippen LogP contribution < -0.4 is 5.32 Å². The highest BCUT2D eigenvalue weighted by molar-refractivity contribution is 5.55. The molecule has 0 radical (unpaired) electrons. The molecule has 2 aromatic rings. The second-order valence-corrected chi connectivity index (χ2v) is 6.86. The van der Waals surface area contributed by atoms with E-state index in [1.807, 2.05) is 20.0 Å². The molecule has 2 heteroatoms. The van der Waals surface area contributed by atoms with Crippen LogP contribution in [0.1, 0.15) is 61.8 Å². The Morgan fingerprint density at radius 3 is 1.88 bits per heavy atom. The Balaban J connectivity index is 2.65. The SMILES string of the molecule is CCCC(CCC)(c1ccc(O)c(C)c1)c1ccc(NC)c(C)c1. The standard InChI is InChI=1S/C22H31NO/c1-6-12-22(13-7-2,19-9-11-21(24)17(4)15-19)18-8-10-20(23-5)16(3)14-18/h8-11,14-15,23-24H,6-7,12-13H2,1-5H3. The molecular weight excluding hydrogens is 294 g/mol. The van der Waals surface area contributed by atoms with Crippen LogP contribution in [0.3, 0.4) is 0 Å². The van der Waals surface area contributed by atoms with Crippen LogP contribution in [0, 0.1) is 13.8 Å². The number of phenolic OH excluding ortho intramolecular Hbond substituents is 1. The van der Waals surface area contributed by atoms with Crippen molar-refractivity contribution < 1.29 is 5.11 Å². The van der Waals surface area contributed by atoms with Gasteiger partial charge in [0.15, 0.2) is 0 Å². The number of benzene rings is 2. The highest BCUT2D eigenvalue weighted by atomic mass is 16.3. The molecule has 0 aliphatic rings. The predicted molar refractivity (Wildman–Crippen MR) is 104 cm³/mol. The van der Waals surface area contributed by atoms with Gasteiger partial charge >= 0.3 is 0 Å². The van der Waals surface area contributed by atoms with Crippen LogP contribution in [0.15, 0.2) is 36.4 Å². The van der Waals surface area contributed by atoms with E-state index in [2.05, 4.69) is 56.4 Å². The first-order valence-corrected chi connectivity index (χ1v) is 9.07. The predicted octanol–water partition coefficient (Wildman–Crippen LogP) is 5.94. The lowest BCUT2D eigenvalue weighted by Crippen LogP contribution is -2.28. The van der Waals surface area contributed by atoms with E-state index in [9.17, 15) is 5.11 Å². The van der Waals surface area contributed by atoms with Crippen molar-refractivity contribution in [2.75, 3.05) is 12.4 Å². The second-order valence-electron chi connectivity index (χ2n) is 6.86. The molecule has 0 saturated heterocycles. The lowest BCUT2D eigenvalue weighted by Gasteiger charge is -2.36. The number of anilines is 1. The third-order valence-corrected chi connectivity index (χ3v) is 5.15. The maximum atomic E-state index is 9.94. The fraction of sp³-hybridized carbons (Fsp3) is 0.455. The molecule has 0 spiro atoms. The number of aryl methyl sites for hydroxylation is 2. The third kappa shape index (κ3) is 3.43.